The summed E-state index contributed by atoms with van der Waals surface area (Å²) in [5.74, 6) is -1.28. The van der Waals surface area contributed by atoms with Crippen molar-refractivity contribution in [1.29, 1.82) is 0 Å². The third-order valence-corrected chi connectivity index (χ3v) is 2.31. The van der Waals surface area contributed by atoms with Gasteiger partial charge in [-0.3, -0.25) is 4.79 Å². The van der Waals surface area contributed by atoms with Gasteiger partial charge in [-0.1, -0.05) is 11.6 Å². The molecule has 0 saturated heterocycles. The lowest BCUT2D eigenvalue weighted by Gasteiger charge is -2.13. The lowest BCUT2D eigenvalue weighted by Crippen LogP contribution is -2.21. The second-order valence-corrected chi connectivity index (χ2v) is 3.21. The third-order valence-electron chi connectivity index (χ3n) is 1.92. The molecule has 0 radical (unpaired) electrons. The van der Waals surface area contributed by atoms with Crippen LogP contribution in [-0.2, 0) is 4.79 Å². The fraction of sp³-hybridized carbons (Fsp3) is 0.222. The second kappa shape index (κ2) is 4.37. The van der Waals surface area contributed by atoms with Crippen molar-refractivity contribution in [3.05, 3.63) is 22.7 Å². The molecular formula is C9H10ClNO4. The third kappa shape index (κ3) is 2.14. The fourth-order valence-corrected chi connectivity index (χ4v) is 1.49. The smallest absolute Gasteiger partial charge is 0.325 e. The molecule has 5 nitrogen and oxygen atoms in total. The average molecular weight is 232 g/mol. The van der Waals surface area contributed by atoms with Crippen LogP contribution in [0.4, 0.5) is 0 Å². The van der Waals surface area contributed by atoms with Gasteiger partial charge in [0.2, 0.25) is 0 Å². The number of carboxylic acid groups (broad SMARTS) is 1. The minimum absolute atomic E-state index is 0.00685. The SMILES string of the molecule is COc1ccc(O)c(C(N)C(=O)O)c1Cl. The molecule has 4 N–H and O–H groups in total. The molecule has 0 aromatic heterocycles. The number of carbonyl (C=O) groups is 1. The number of phenolic OH excluding ortho intramolecular Hbond substituents is 1. The van der Waals surface area contributed by atoms with E-state index in [4.69, 9.17) is 27.2 Å². The number of carboxylic acids is 1. The molecular weight excluding hydrogens is 222 g/mol. The summed E-state index contributed by atoms with van der Waals surface area (Å²) in [6.07, 6.45) is 0. The molecule has 6 heteroatoms. The van der Waals surface area contributed by atoms with Gasteiger partial charge in [-0.2, -0.15) is 0 Å². The van der Waals surface area contributed by atoms with Crippen LogP contribution >= 0.6 is 11.6 Å². The zero-order valence-corrected chi connectivity index (χ0v) is 8.65. The highest BCUT2D eigenvalue weighted by molar-refractivity contribution is 6.33. The Morgan fingerprint density at radius 2 is 2.20 bits per heavy atom. The summed E-state index contributed by atoms with van der Waals surface area (Å²) in [7, 11) is 1.38. The molecule has 0 saturated carbocycles. The Morgan fingerprint density at radius 1 is 1.60 bits per heavy atom. The summed E-state index contributed by atoms with van der Waals surface area (Å²) in [5, 5.41) is 18.2. The molecule has 1 aromatic carbocycles. The predicted molar refractivity (Wildman–Crippen MR) is 54.2 cm³/mol. The van der Waals surface area contributed by atoms with E-state index in [0.29, 0.717) is 0 Å². The van der Waals surface area contributed by atoms with Crippen molar-refractivity contribution < 1.29 is 19.7 Å². The van der Waals surface area contributed by atoms with Crippen LogP contribution in [0.3, 0.4) is 0 Å². The fourth-order valence-electron chi connectivity index (χ4n) is 1.14. The van der Waals surface area contributed by atoms with Gasteiger partial charge in [-0.15, -0.1) is 0 Å². The van der Waals surface area contributed by atoms with Crippen LogP contribution in [0.25, 0.3) is 0 Å². The molecule has 0 aliphatic rings. The first-order valence-corrected chi connectivity index (χ1v) is 4.40. The van der Waals surface area contributed by atoms with Crippen LogP contribution < -0.4 is 10.5 Å². The Hall–Kier alpha value is -1.46. The lowest BCUT2D eigenvalue weighted by atomic mass is 10.1. The van der Waals surface area contributed by atoms with E-state index in [1.54, 1.807) is 0 Å². The molecule has 0 amide bonds. The number of hydrogen-bond donors (Lipinski definition) is 3. The van der Waals surface area contributed by atoms with E-state index in [9.17, 15) is 9.90 Å². The van der Waals surface area contributed by atoms with Gasteiger partial charge in [0.05, 0.1) is 12.1 Å². The van der Waals surface area contributed by atoms with Crippen molar-refractivity contribution in [1.82, 2.24) is 0 Å². The summed E-state index contributed by atoms with van der Waals surface area (Å²) >= 11 is 5.82. The van der Waals surface area contributed by atoms with E-state index in [2.05, 4.69) is 0 Å². The van der Waals surface area contributed by atoms with Crippen LogP contribution in [0.2, 0.25) is 5.02 Å². The van der Waals surface area contributed by atoms with Crippen molar-refractivity contribution in [3.8, 4) is 11.5 Å². The average Bonchev–Trinajstić information content (AvgIpc) is 2.17. The topological polar surface area (TPSA) is 92.8 Å². The maximum atomic E-state index is 10.7. The molecule has 0 spiro atoms. The molecule has 1 aromatic rings. The quantitative estimate of drug-likeness (QED) is 0.725. The van der Waals surface area contributed by atoms with Crippen molar-refractivity contribution >= 4 is 17.6 Å². The van der Waals surface area contributed by atoms with Crippen LogP contribution in [-0.4, -0.2) is 23.3 Å². The van der Waals surface area contributed by atoms with E-state index < -0.39 is 12.0 Å². The van der Waals surface area contributed by atoms with Gasteiger partial charge in [0, 0.05) is 5.56 Å². The van der Waals surface area contributed by atoms with Gasteiger partial charge in [-0.05, 0) is 12.1 Å². The molecule has 82 valence electrons. The predicted octanol–water partition coefficient (Wildman–Crippen LogP) is 1.14. The Balaban J connectivity index is 3.32. The molecule has 1 rings (SSSR count). The summed E-state index contributed by atoms with van der Waals surface area (Å²) in [6.45, 7) is 0. The highest BCUT2D eigenvalue weighted by atomic mass is 35.5. The molecule has 15 heavy (non-hydrogen) atoms. The van der Waals surface area contributed by atoms with E-state index in [-0.39, 0.29) is 22.1 Å². The van der Waals surface area contributed by atoms with E-state index in [0.717, 1.165) is 0 Å². The van der Waals surface area contributed by atoms with Gasteiger partial charge in [0.25, 0.3) is 0 Å². The second-order valence-electron chi connectivity index (χ2n) is 2.83. The minimum Gasteiger partial charge on any atom is -0.508 e. The van der Waals surface area contributed by atoms with Gasteiger partial charge in [-0.25, -0.2) is 0 Å². The Morgan fingerprint density at radius 3 is 2.67 bits per heavy atom. The molecule has 0 fully saturated rings. The summed E-state index contributed by atoms with van der Waals surface area (Å²) in [6, 6.07) is 1.33. The largest absolute Gasteiger partial charge is 0.508 e. The zero-order valence-electron chi connectivity index (χ0n) is 7.90. The number of aromatic hydroxyl groups is 1. The van der Waals surface area contributed by atoms with Crippen molar-refractivity contribution in [2.75, 3.05) is 7.11 Å². The van der Waals surface area contributed by atoms with Gasteiger partial charge < -0.3 is 20.7 Å². The summed E-state index contributed by atoms with van der Waals surface area (Å²) in [4.78, 5) is 10.7. The van der Waals surface area contributed by atoms with Crippen molar-refractivity contribution in [2.45, 2.75) is 6.04 Å². The van der Waals surface area contributed by atoms with Gasteiger partial charge in [0.15, 0.2) is 0 Å². The number of rotatable bonds is 3. The monoisotopic (exact) mass is 231 g/mol. The molecule has 0 bridgehead atoms. The maximum Gasteiger partial charge on any atom is 0.325 e. The highest BCUT2D eigenvalue weighted by Gasteiger charge is 2.23. The normalized spacial score (nSPS) is 12.2. The number of methoxy groups -OCH3 is 1. The number of aliphatic carboxylic acids is 1. The molecule has 0 aliphatic carbocycles. The van der Waals surface area contributed by atoms with Gasteiger partial charge >= 0.3 is 5.97 Å². The maximum absolute atomic E-state index is 10.7. The first-order valence-electron chi connectivity index (χ1n) is 4.02. The Labute approximate surface area is 91.0 Å². The van der Waals surface area contributed by atoms with E-state index in [1.807, 2.05) is 0 Å². The first kappa shape index (κ1) is 11.6. The Bertz CT molecular complexity index is 394. The number of hydrogen-bond acceptors (Lipinski definition) is 4. The minimum atomic E-state index is -1.38. The summed E-state index contributed by atoms with van der Waals surface area (Å²) in [5.41, 5.74) is 5.31. The standard InChI is InChI=1S/C9H10ClNO4/c1-15-5-3-2-4(12)6(7(5)10)8(11)9(13)14/h2-3,8,12H,11H2,1H3,(H,13,14). The molecule has 1 unspecified atom stereocenters. The van der Waals surface area contributed by atoms with E-state index in [1.165, 1.54) is 19.2 Å². The van der Waals surface area contributed by atoms with Crippen LogP contribution in [0, 0.1) is 0 Å². The van der Waals surface area contributed by atoms with Crippen LogP contribution in [0.5, 0.6) is 11.5 Å². The highest BCUT2D eigenvalue weighted by Crippen LogP contribution is 2.37. The number of nitrogens with two attached hydrogens (primary N) is 1. The number of benzene rings is 1. The first-order chi connectivity index (χ1) is 6.99. The van der Waals surface area contributed by atoms with Crippen molar-refractivity contribution in [3.63, 3.8) is 0 Å². The van der Waals surface area contributed by atoms with Crippen LogP contribution in [0.15, 0.2) is 12.1 Å². The lowest BCUT2D eigenvalue weighted by molar-refractivity contribution is -0.138. The number of halogens is 1. The van der Waals surface area contributed by atoms with Gasteiger partial charge in [0.1, 0.15) is 17.5 Å². The van der Waals surface area contributed by atoms with Crippen molar-refractivity contribution in [2.24, 2.45) is 5.73 Å². The summed E-state index contributed by atoms with van der Waals surface area (Å²) < 4.78 is 4.88. The van der Waals surface area contributed by atoms with Crippen LogP contribution in [0.1, 0.15) is 11.6 Å². The number of phenols is 1. The molecule has 1 atom stereocenters. The van der Waals surface area contributed by atoms with E-state index >= 15 is 0 Å². The number of ether oxygens (including phenoxy) is 1. The Kier molecular flexibility index (Phi) is 3.39. The zero-order chi connectivity index (χ0) is 11.6. The molecule has 0 heterocycles. The molecule has 0 aliphatic heterocycles.